The van der Waals surface area contributed by atoms with E-state index in [0.29, 0.717) is 29.0 Å². The number of rotatable bonds is 3. The standard InChI is InChI=1S/C11H14BrClN2O3S/c1-18-11-9(12)4-7(13)5-10(11)19(16,17)15-3-2-8(14)6-15/h4-5,8H,2-3,6,14H2,1H3/t8-/m0/s1. The van der Waals surface area contributed by atoms with Crippen LogP contribution in [0.4, 0.5) is 0 Å². The van der Waals surface area contributed by atoms with Gasteiger partial charge in [0.05, 0.1) is 11.6 Å². The molecule has 8 heteroatoms. The Balaban J connectivity index is 2.51. The van der Waals surface area contributed by atoms with Gasteiger partial charge < -0.3 is 10.5 Å². The quantitative estimate of drug-likeness (QED) is 0.882. The molecule has 5 nitrogen and oxygen atoms in total. The average Bonchev–Trinajstić information content (AvgIpc) is 2.75. The van der Waals surface area contributed by atoms with E-state index >= 15 is 0 Å². The summed E-state index contributed by atoms with van der Waals surface area (Å²) in [5.74, 6) is 0.255. The minimum Gasteiger partial charge on any atom is -0.494 e. The molecule has 1 atom stereocenters. The van der Waals surface area contributed by atoms with Crippen LogP contribution in [-0.2, 0) is 10.0 Å². The third-order valence-electron chi connectivity index (χ3n) is 2.98. The number of hydrogen-bond acceptors (Lipinski definition) is 4. The fourth-order valence-corrected chi connectivity index (χ4v) is 4.92. The van der Waals surface area contributed by atoms with Crippen LogP contribution in [0.15, 0.2) is 21.5 Å². The maximum Gasteiger partial charge on any atom is 0.246 e. The maximum absolute atomic E-state index is 12.6. The molecule has 1 aliphatic heterocycles. The molecule has 2 N–H and O–H groups in total. The summed E-state index contributed by atoms with van der Waals surface area (Å²) in [7, 11) is -2.23. The number of benzene rings is 1. The number of ether oxygens (including phenoxy) is 1. The zero-order chi connectivity index (χ0) is 14.2. The molecule has 0 unspecified atom stereocenters. The molecule has 0 aromatic heterocycles. The Hall–Kier alpha value is -0.340. The summed E-state index contributed by atoms with van der Waals surface area (Å²) in [6.07, 6.45) is 0.656. The van der Waals surface area contributed by atoms with Gasteiger partial charge in [-0.3, -0.25) is 0 Å². The van der Waals surface area contributed by atoms with Crippen LogP contribution < -0.4 is 10.5 Å². The van der Waals surface area contributed by atoms with E-state index in [1.54, 1.807) is 6.07 Å². The van der Waals surface area contributed by atoms with Gasteiger partial charge in [-0.05, 0) is 34.5 Å². The summed E-state index contributed by atoms with van der Waals surface area (Å²) in [4.78, 5) is 0.0588. The molecule has 0 bridgehead atoms. The highest BCUT2D eigenvalue weighted by Crippen LogP contribution is 2.37. The van der Waals surface area contributed by atoms with E-state index in [4.69, 9.17) is 22.1 Å². The van der Waals surface area contributed by atoms with Crippen molar-refractivity contribution in [3.63, 3.8) is 0 Å². The average molecular weight is 370 g/mol. The maximum atomic E-state index is 12.6. The van der Waals surface area contributed by atoms with Gasteiger partial charge in [0.2, 0.25) is 10.0 Å². The van der Waals surface area contributed by atoms with Crippen molar-refractivity contribution in [3.8, 4) is 5.75 Å². The molecule has 0 spiro atoms. The van der Waals surface area contributed by atoms with E-state index in [-0.39, 0.29) is 16.7 Å². The second-order valence-corrected chi connectivity index (χ2v) is 7.53. The van der Waals surface area contributed by atoms with E-state index in [1.807, 2.05) is 0 Å². The first-order valence-corrected chi connectivity index (χ1v) is 8.26. The Morgan fingerprint density at radius 1 is 1.53 bits per heavy atom. The van der Waals surface area contributed by atoms with Crippen molar-refractivity contribution in [1.29, 1.82) is 0 Å². The first-order chi connectivity index (χ1) is 8.86. The molecule has 1 aromatic carbocycles. The summed E-state index contributed by atoms with van der Waals surface area (Å²) in [5, 5.41) is 0.328. The third-order valence-corrected chi connectivity index (χ3v) is 5.66. The van der Waals surface area contributed by atoms with Crippen LogP contribution in [0.1, 0.15) is 6.42 Å². The molecule has 19 heavy (non-hydrogen) atoms. The Morgan fingerprint density at radius 3 is 2.74 bits per heavy atom. The van der Waals surface area contributed by atoms with Gasteiger partial charge >= 0.3 is 0 Å². The smallest absolute Gasteiger partial charge is 0.246 e. The normalized spacial score (nSPS) is 20.7. The third kappa shape index (κ3) is 2.90. The second kappa shape index (κ2) is 5.57. The van der Waals surface area contributed by atoms with Crippen molar-refractivity contribution in [3.05, 3.63) is 21.6 Å². The van der Waals surface area contributed by atoms with Crippen molar-refractivity contribution < 1.29 is 13.2 Å². The number of hydrogen-bond donors (Lipinski definition) is 1. The van der Waals surface area contributed by atoms with Crippen molar-refractivity contribution in [2.45, 2.75) is 17.4 Å². The lowest BCUT2D eigenvalue weighted by molar-refractivity contribution is 0.395. The van der Waals surface area contributed by atoms with E-state index in [2.05, 4.69) is 15.9 Å². The van der Waals surface area contributed by atoms with E-state index < -0.39 is 10.0 Å². The van der Waals surface area contributed by atoms with Gasteiger partial charge in [-0.25, -0.2) is 8.42 Å². The lowest BCUT2D eigenvalue weighted by atomic mass is 10.3. The zero-order valence-corrected chi connectivity index (χ0v) is 13.4. The molecule has 2 rings (SSSR count). The molecule has 1 saturated heterocycles. The van der Waals surface area contributed by atoms with E-state index in [1.165, 1.54) is 17.5 Å². The molecule has 1 fully saturated rings. The highest BCUT2D eigenvalue weighted by atomic mass is 79.9. The molecule has 0 saturated carbocycles. The lowest BCUT2D eigenvalue weighted by Gasteiger charge is -2.18. The van der Waals surface area contributed by atoms with E-state index in [0.717, 1.165) is 0 Å². The monoisotopic (exact) mass is 368 g/mol. The van der Waals surface area contributed by atoms with Crippen LogP contribution in [0.5, 0.6) is 5.75 Å². The molecular weight excluding hydrogens is 356 g/mol. The SMILES string of the molecule is COc1c(Br)cc(Cl)cc1S(=O)(=O)N1CC[C@H](N)C1. The number of halogens is 2. The first-order valence-electron chi connectivity index (χ1n) is 5.65. The second-order valence-electron chi connectivity index (χ2n) is 4.33. The predicted octanol–water partition coefficient (Wildman–Crippen LogP) is 1.83. The number of methoxy groups -OCH3 is 1. The molecule has 1 aliphatic rings. The Bertz CT molecular complexity index is 594. The highest BCUT2D eigenvalue weighted by molar-refractivity contribution is 9.10. The minimum absolute atomic E-state index is 0.0588. The van der Waals surface area contributed by atoms with Crippen LogP contribution in [0.2, 0.25) is 5.02 Å². The molecule has 0 aliphatic carbocycles. The Labute approximate surface area is 125 Å². The van der Waals surface area contributed by atoms with Crippen LogP contribution in [0.3, 0.4) is 0 Å². The highest BCUT2D eigenvalue weighted by Gasteiger charge is 2.33. The summed E-state index contributed by atoms with van der Waals surface area (Å²) < 4.78 is 32.2. The summed E-state index contributed by atoms with van der Waals surface area (Å²) in [6.45, 7) is 0.729. The van der Waals surface area contributed by atoms with Crippen molar-refractivity contribution in [1.82, 2.24) is 4.31 Å². The predicted molar refractivity (Wildman–Crippen MR) is 77.1 cm³/mol. The molecule has 0 amide bonds. The van der Waals surface area contributed by atoms with E-state index in [9.17, 15) is 8.42 Å². The summed E-state index contributed by atoms with van der Waals surface area (Å²) in [6, 6.07) is 2.86. The Morgan fingerprint density at radius 2 is 2.21 bits per heavy atom. The van der Waals surface area contributed by atoms with Crippen LogP contribution >= 0.6 is 27.5 Å². The molecule has 106 valence electrons. The van der Waals surface area contributed by atoms with Gasteiger partial charge in [-0.1, -0.05) is 11.6 Å². The molecular formula is C11H14BrClN2O3S. The zero-order valence-electron chi connectivity index (χ0n) is 10.3. The van der Waals surface area contributed by atoms with Crippen LogP contribution in [-0.4, -0.2) is 39.0 Å². The minimum atomic E-state index is -3.65. The number of nitrogens with zero attached hydrogens (tertiary/aromatic N) is 1. The van der Waals surface area contributed by atoms with Gasteiger partial charge in [0.15, 0.2) is 5.75 Å². The van der Waals surface area contributed by atoms with Gasteiger partial charge in [0, 0.05) is 24.2 Å². The summed E-state index contributed by atoms with van der Waals surface area (Å²) in [5.41, 5.74) is 5.76. The van der Waals surface area contributed by atoms with Crippen LogP contribution in [0.25, 0.3) is 0 Å². The number of sulfonamides is 1. The molecule has 1 heterocycles. The largest absolute Gasteiger partial charge is 0.494 e. The van der Waals surface area contributed by atoms with Crippen molar-refractivity contribution >= 4 is 37.6 Å². The van der Waals surface area contributed by atoms with Gasteiger partial charge in [0.25, 0.3) is 0 Å². The number of nitrogens with two attached hydrogens (primary N) is 1. The van der Waals surface area contributed by atoms with Gasteiger partial charge in [-0.2, -0.15) is 4.31 Å². The van der Waals surface area contributed by atoms with Crippen LogP contribution in [0, 0.1) is 0 Å². The topological polar surface area (TPSA) is 72.6 Å². The van der Waals surface area contributed by atoms with Crippen molar-refractivity contribution in [2.24, 2.45) is 5.73 Å². The molecule has 0 radical (unpaired) electrons. The Kier molecular flexibility index (Phi) is 4.42. The fraction of sp³-hybridized carbons (Fsp3) is 0.455. The van der Waals surface area contributed by atoms with Gasteiger partial charge in [-0.15, -0.1) is 0 Å². The summed E-state index contributed by atoms with van der Waals surface area (Å²) >= 11 is 9.18. The van der Waals surface area contributed by atoms with Crippen molar-refractivity contribution in [2.75, 3.05) is 20.2 Å². The van der Waals surface area contributed by atoms with Gasteiger partial charge in [0.1, 0.15) is 4.90 Å². The molecule has 1 aromatic rings. The fourth-order valence-electron chi connectivity index (χ4n) is 2.04. The lowest BCUT2D eigenvalue weighted by Crippen LogP contribution is -2.32. The first kappa shape index (κ1) is 15.1.